The lowest BCUT2D eigenvalue weighted by Crippen LogP contribution is -2.17. The van der Waals surface area contributed by atoms with Gasteiger partial charge in [0, 0.05) is 18.0 Å². The molecule has 1 atom stereocenters. The number of thiazole rings is 1. The van der Waals surface area contributed by atoms with E-state index in [9.17, 15) is 4.79 Å². The molecule has 25 heavy (non-hydrogen) atoms. The lowest BCUT2D eigenvalue weighted by atomic mass is 10.2. The molecule has 1 unspecified atom stereocenters. The maximum absolute atomic E-state index is 11.0. The molecule has 0 saturated carbocycles. The molecule has 4 rings (SSSR count). The number of anilines is 1. The Labute approximate surface area is 152 Å². The second-order valence-electron chi connectivity index (χ2n) is 5.64. The zero-order valence-corrected chi connectivity index (χ0v) is 14.8. The van der Waals surface area contributed by atoms with E-state index in [0.717, 1.165) is 32.5 Å². The van der Waals surface area contributed by atoms with Gasteiger partial charge in [-0.2, -0.15) is 0 Å². The minimum Gasteiger partial charge on any atom is -0.480 e. The number of nitrogens with one attached hydrogen (secondary N) is 1. The van der Waals surface area contributed by atoms with E-state index >= 15 is 0 Å². The Hall–Kier alpha value is -2.38. The highest BCUT2D eigenvalue weighted by Crippen LogP contribution is 2.31. The van der Waals surface area contributed by atoms with Crippen LogP contribution in [0.1, 0.15) is 10.6 Å². The number of thioether (sulfide) groups is 1. The summed E-state index contributed by atoms with van der Waals surface area (Å²) >= 11 is 3.01. The molecule has 5 nitrogen and oxygen atoms in total. The third-order valence-corrected chi connectivity index (χ3v) is 6.06. The summed E-state index contributed by atoms with van der Waals surface area (Å²) in [4.78, 5) is 19.9. The smallest absolute Gasteiger partial charge is 0.329 e. The Balaban J connectivity index is 1.53. The third-order valence-electron chi connectivity index (χ3n) is 3.85. The molecule has 7 heteroatoms. The summed E-state index contributed by atoms with van der Waals surface area (Å²) in [5.41, 5.74) is 3.17. The van der Waals surface area contributed by atoms with E-state index in [1.165, 1.54) is 17.3 Å². The molecule has 126 valence electrons. The van der Waals surface area contributed by atoms with Gasteiger partial charge in [0.05, 0.1) is 10.2 Å². The molecule has 3 aromatic rings. The van der Waals surface area contributed by atoms with Crippen molar-refractivity contribution in [3.05, 3.63) is 59.1 Å². The molecule has 1 aliphatic heterocycles. The first-order chi connectivity index (χ1) is 12.2. The predicted molar refractivity (Wildman–Crippen MR) is 104 cm³/mol. The van der Waals surface area contributed by atoms with Gasteiger partial charge < -0.3 is 10.4 Å². The Bertz CT molecular complexity index is 953. The number of aromatic nitrogens is 1. The van der Waals surface area contributed by atoms with Crippen LogP contribution >= 0.6 is 23.1 Å². The van der Waals surface area contributed by atoms with Crippen LogP contribution in [0.5, 0.6) is 0 Å². The molecule has 0 aliphatic carbocycles. The Kier molecular flexibility index (Phi) is 4.42. The first-order valence-electron chi connectivity index (χ1n) is 7.81. The summed E-state index contributed by atoms with van der Waals surface area (Å²) in [5, 5.41) is 14.0. The van der Waals surface area contributed by atoms with Crippen LogP contribution in [0.15, 0.2) is 53.5 Å². The van der Waals surface area contributed by atoms with E-state index in [0.29, 0.717) is 5.75 Å². The molecule has 0 fully saturated rings. The highest BCUT2D eigenvalue weighted by molar-refractivity contribution is 8.15. The van der Waals surface area contributed by atoms with Gasteiger partial charge in [0.1, 0.15) is 10.1 Å². The number of carbonyl (C=O) groups is 1. The zero-order valence-electron chi connectivity index (χ0n) is 13.2. The van der Waals surface area contributed by atoms with Crippen LogP contribution in [0.25, 0.3) is 10.2 Å². The van der Waals surface area contributed by atoms with Gasteiger partial charge >= 0.3 is 5.97 Å². The van der Waals surface area contributed by atoms with Crippen molar-refractivity contribution in [1.29, 1.82) is 0 Å². The van der Waals surface area contributed by atoms with Gasteiger partial charge in [-0.1, -0.05) is 30.3 Å². The first kappa shape index (κ1) is 16.1. The number of carboxylic acids is 1. The van der Waals surface area contributed by atoms with Crippen molar-refractivity contribution >= 4 is 50.0 Å². The molecular formula is C18H15N3O2S2. The number of aliphatic carboxylic acids is 1. The van der Waals surface area contributed by atoms with Gasteiger partial charge in [-0.05, 0) is 23.8 Å². The van der Waals surface area contributed by atoms with E-state index in [4.69, 9.17) is 5.11 Å². The van der Waals surface area contributed by atoms with Crippen molar-refractivity contribution in [3.8, 4) is 0 Å². The summed E-state index contributed by atoms with van der Waals surface area (Å²) in [5.74, 6) is -0.402. The van der Waals surface area contributed by atoms with Gasteiger partial charge in [-0.3, -0.25) is 4.99 Å². The molecule has 2 aromatic carbocycles. The van der Waals surface area contributed by atoms with E-state index < -0.39 is 12.0 Å². The lowest BCUT2D eigenvalue weighted by molar-refractivity contribution is -0.137. The van der Waals surface area contributed by atoms with Crippen LogP contribution in [0, 0.1) is 0 Å². The van der Waals surface area contributed by atoms with Crippen molar-refractivity contribution in [2.24, 2.45) is 4.99 Å². The van der Waals surface area contributed by atoms with Gasteiger partial charge in [0.2, 0.25) is 0 Å². The van der Waals surface area contributed by atoms with E-state index in [-0.39, 0.29) is 0 Å². The van der Waals surface area contributed by atoms with Crippen molar-refractivity contribution in [1.82, 2.24) is 4.98 Å². The van der Waals surface area contributed by atoms with Gasteiger partial charge in [0.25, 0.3) is 0 Å². The number of hydrogen-bond donors (Lipinski definition) is 2. The first-order valence-corrected chi connectivity index (χ1v) is 9.61. The number of rotatable bonds is 5. The normalized spacial score (nSPS) is 16.8. The number of fused-ring (bicyclic) bond motifs is 1. The van der Waals surface area contributed by atoms with E-state index in [1.54, 1.807) is 11.3 Å². The number of nitrogens with zero attached hydrogens (tertiary/aromatic N) is 2. The van der Waals surface area contributed by atoms with Crippen molar-refractivity contribution in [2.45, 2.75) is 12.6 Å². The van der Waals surface area contributed by atoms with Crippen LogP contribution in [0.2, 0.25) is 0 Å². The minimum absolute atomic E-state index is 0.477. The monoisotopic (exact) mass is 369 g/mol. The molecule has 1 aliphatic rings. The van der Waals surface area contributed by atoms with E-state index in [2.05, 4.69) is 33.5 Å². The summed E-state index contributed by atoms with van der Waals surface area (Å²) in [6.07, 6.45) is 0. The Morgan fingerprint density at radius 3 is 2.84 bits per heavy atom. The molecule has 0 saturated heterocycles. The van der Waals surface area contributed by atoms with Crippen LogP contribution in [0.4, 0.5) is 5.69 Å². The second-order valence-corrected chi connectivity index (χ2v) is 7.68. The molecule has 2 N–H and O–H groups in total. The topological polar surface area (TPSA) is 74.6 Å². The Morgan fingerprint density at radius 1 is 1.24 bits per heavy atom. The molecule has 0 amide bonds. The average Bonchev–Trinajstić information content (AvgIpc) is 3.27. The van der Waals surface area contributed by atoms with Crippen LogP contribution < -0.4 is 5.32 Å². The number of hydrogen-bond acceptors (Lipinski definition) is 6. The number of benzene rings is 2. The van der Waals surface area contributed by atoms with Gasteiger partial charge in [-0.25, -0.2) is 9.78 Å². The molecule has 0 spiro atoms. The van der Waals surface area contributed by atoms with Crippen LogP contribution in [-0.4, -0.2) is 32.9 Å². The maximum atomic E-state index is 11.0. The SMILES string of the molecule is O=C(O)C1CSC(c2nc3ccc(NCc4ccccc4)cc3s2)=N1. The fourth-order valence-corrected chi connectivity index (χ4v) is 4.65. The highest BCUT2D eigenvalue weighted by Gasteiger charge is 2.26. The molecular weight excluding hydrogens is 354 g/mol. The maximum Gasteiger partial charge on any atom is 0.329 e. The summed E-state index contributed by atoms with van der Waals surface area (Å²) < 4.78 is 1.06. The highest BCUT2D eigenvalue weighted by atomic mass is 32.2. The predicted octanol–water partition coefficient (Wildman–Crippen LogP) is 3.86. The quantitative estimate of drug-likeness (QED) is 0.714. The van der Waals surface area contributed by atoms with Gasteiger partial charge in [-0.15, -0.1) is 23.1 Å². The Morgan fingerprint density at radius 2 is 2.08 bits per heavy atom. The second kappa shape index (κ2) is 6.85. The molecule has 1 aromatic heterocycles. The van der Waals surface area contributed by atoms with Crippen LogP contribution in [-0.2, 0) is 11.3 Å². The zero-order chi connectivity index (χ0) is 17.2. The average molecular weight is 369 g/mol. The molecule has 0 bridgehead atoms. The third kappa shape index (κ3) is 3.52. The molecule has 0 radical (unpaired) electrons. The minimum atomic E-state index is -0.879. The van der Waals surface area contributed by atoms with Crippen molar-refractivity contribution < 1.29 is 9.90 Å². The number of aliphatic imine (C=N–C) groups is 1. The fraction of sp³-hybridized carbons (Fsp3) is 0.167. The number of carboxylic acid groups (broad SMARTS) is 1. The summed E-state index contributed by atoms with van der Waals surface area (Å²) in [6, 6.07) is 15.7. The summed E-state index contributed by atoms with van der Waals surface area (Å²) in [6.45, 7) is 0.765. The van der Waals surface area contributed by atoms with E-state index in [1.807, 2.05) is 30.3 Å². The van der Waals surface area contributed by atoms with Crippen LogP contribution in [0.3, 0.4) is 0 Å². The standard InChI is InChI=1S/C18H15N3O2S2/c22-18(23)14-10-24-16(21-14)17-20-13-7-6-12(8-15(13)25-17)19-9-11-4-2-1-3-5-11/h1-8,14,19H,9-10H2,(H,22,23). The lowest BCUT2D eigenvalue weighted by Gasteiger charge is -2.06. The van der Waals surface area contributed by atoms with Gasteiger partial charge in [0.15, 0.2) is 6.04 Å². The van der Waals surface area contributed by atoms with Crippen molar-refractivity contribution in [2.75, 3.05) is 11.1 Å². The van der Waals surface area contributed by atoms with Crippen molar-refractivity contribution in [3.63, 3.8) is 0 Å². The fourth-order valence-electron chi connectivity index (χ4n) is 2.54. The largest absolute Gasteiger partial charge is 0.480 e. The summed E-state index contributed by atoms with van der Waals surface area (Å²) in [7, 11) is 0. The molecule has 2 heterocycles.